The highest BCUT2D eigenvalue weighted by Crippen LogP contribution is 2.34. The van der Waals surface area contributed by atoms with E-state index in [1.165, 1.54) is 11.8 Å². The van der Waals surface area contributed by atoms with Gasteiger partial charge in [-0.15, -0.1) is 0 Å². The topological polar surface area (TPSA) is 68.3 Å². The van der Waals surface area contributed by atoms with Gasteiger partial charge in [0, 0.05) is 17.1 Å². The average Bonchev–Trinajstić information content (AvgIpc) is 3.47. The fraction of sp³-hybridized carbons (Fsp3) is 0.316. The Bertz CT molecular complexity index is 811. The van der Waals surface area contributed by atoms with Crippen LogP contribution in [0.4, 0.5) is 0 Å². The molecule has 0 unspecified atom stereocenters. The van der Waals surface area contributed by atoms with Crippen molar-refractivity contribution in [3.63, 3.8) is 0 Å². The lowest BCUT2D eigenvalue weighted by Gasteiger charge is -2.13. The normalized spacial score (nSPS) is 14.5. The van der Waals surface area contributed by atoms with Crippen molar-refractivity contribution in [2.75, 3.05) is 6.61 Å². The van der Waals surface area contributed by atoms with Gasteiger partial charge in [-0.1, -0.05) is 35.5 Å². The van der Waals surface area contributed by atoms with E-state index < -0.39 is 5.97 Å². The van der Waals surface area contributed by atoms with Crippen molar-refractivity contribution in [2.24, 2.45) is 5.92 Å². The number of rotatable bonds is 7. The van der Waals surface area contributed by atoms with Crippen molar-refractivity contribution in [3.05, 3.63) is 53.2 Å². The summed E-state index contributed by atoms with van der Waals surface area (Å²) in [7, 11) is 0. The minimum absolute atomic E-state index is 0.117. The van der Waals surface area contributed by atoms with Gasteiger partial charge < -0.3 is 10.1 Å². The van der Waals surface area contributed by atoms with Crippen molar-refractivity contribution >= 4 is 35.2 Å². The number of hydrogen-bond acceptors (Lipinski definition) is 5. The number of carbonyl (C=O) groups is 2. The molecule has 0 radical (unpaired) electrons. The van der Waals surface area contributed by atoms with E-state index in [9.17, 15) is 9.59 Å². The summed E-state index contributed by atoms with van der Waals surface area (Å²) in [6.07, 6.45) is 3.87. The van der Waals surface area contributed by atoms with Crippen LogP contribution in [0.25, 0.3) is 0 Å². The molecular formula is C19H19ClN2O3S. The Hall–Kier alpha value is -2.05. The van der Waals surface area contributed by atoms with Crippen LogP contribution >= 0.6 is 23.4 Å². The van der Waals surface area contributed by atoms with Crippen molar-refractivity contribution in [1.82, 2.24) is 10.3 Å². The average molecular weight is 391 g/mol. The van der Waals surface area contributed by atoms with Crippen LogP contribution in [0.15, 0.2) is 52.5 Å². The van der Waals surface area contributed by atoms with Gasteiger partial charge in [0.15, 0.2) is 6.61 Å². The summed E-state index contributed by atoms with van der Waals surface area (Å²) in [5, 5.41) is 3.92. The fourth-order valence-corrected chi connectivity index (χ4v) is 3.62. The molecule has 26 heavy (non-hydrogen) atoms. The molecule has 0 aliphatic heterocycles. The van der Waals surface area contributed by atoms with Crippen LogP contribution in [0, 0.1) is 5.92 Å². The lowest BCUT2D eigenvalue weighted by molar-refractivity contribution is -0.125. The van der Waals surface area contributed by atoms with Gasteiger partial charge >= 0.3 is 5.97 Å². The highest BCUT2D eigenvalue weighted by molar-refractivity contribution is 7.99. The van der Waals surface area contributed by atoms with E-state index in [1.54, 1.807) is 24.4 Å². The second-order valence-corrected chi connectivity index (χ2v) is 7.60. The highest BCUT2D eigenvalue weighted by Gasteiger charge is 2.29. The van der Waals surface area contributed by atoms with Crippen LogP contribution < -0.4 is 5.32 Å². The van der Waals surface area contributed by atoms with E-state index in [0.717, 1.165) is 17.7 Å². The maximum atomic E-state index is 12.4. The van der Waals surface area contributed by atoms with E-state index in [2.05, 4.69) is 10.3 Å². The summed E-state index contributed by atoms with van der Waals surface area (Å²) in [4.78, 5) is 29.3. The molecule has 1 heterocycles. The molecule has 0 bridgehead atoms. The van der Waals surface area contributed by atoms with Gasteiger partial charge in [0.05, 0.1) is 10.6 Å². The third-order valence-corrected chi connectivity index (χ3v) is 5.62. The minimum Gasteiger partial charge on any atom is -0.452 e. The van der Waals surface area contributed by atoms with Crippen molar-refractivity contribution in [2.45, 2.75) is 35.7 Å². The standard InChI is InChI=1S/C19H19ClN2O3S/c1-12(13-8-9-13)22-17(23)11-25-19(24)14-5-4-10-21-18(14)26-16-7-3-2-6-15(16)20/h2-7,10,12-13H,8-9,11H2,1H3,(H,22,23)/t12-/m1/s1. The summed E-state index contributed by atoms with van der Waals surface area (Å²) in [5.74, 6) is -0.324. The van der Waals surface area contributed by atoms with Crippen LogP contribution in [-0.4, -0.2) is 29.5 Å². The Labute approximate surface area is 161 Å². The first-order valence-corrected chi connectivity index (χ1v) is 9.58. The molecule has 1 saturated carbocycles. The number of hydrogen-bond donors (Lipinski definition) is 1. The molecule has 1 aliphatic carbocycles. The first kappa shape index (κ1) is 18.7. The van der Waals surface area contributed by atoms with Crippen molar-refractivity contribution in [1.29, 1.82) is 0 Å². The molecule has 1 aromatic carbocycles. The molecule has 3 rings (SSSR count). The lowest BCUT2D eigenvalue weighted by Crippen LogP contribution is -2.37. The first-order valence-electron chi connectivity index (χ1n) is 8.38. The SMILES string of the molecule is C[C@@H](NC(=O)COC(=O)c1cccnc1Sc1ccccc1Cl)C1CC1. The molecule has 136 valence electrons. The number of nitrogens with one attached hydrogen (secondary N) is 1. The second-order valence-electron chi connectivity index (χ2n) is 6.16. The van der Waals surface area contributed by atoms with E-state index in [4.69, 9.17) is 16.3 Å². The minimum atomic E-state index is -0.582. The molecule has 2 aromatic rings. The van der Waals surface area contributed by atoms with Crippen molar-refractivity contribution in [3.8, 4) is 0 Å². The van der Waals surface area contributed by atoms with E-state index in [1.807, 2.05) is 25.1 Å². The van der Waals surface area contributed by atoms with Gasteiger partial charge in [-0.3, -0.25) is 4.79 Å². The number of amides is 1. The summed E-state index contributed by atoms with van der Waals surface area (Å²) < 4.78 is 5.16. The predicted octanol–water partition coefficient (Wildman–Crippen LogP) is 3.96. The summed E-state index contributed by atoms with van der Waals surface area (Å²) in [5.41, 5.74) is 0.306. The highest BCUT2D eigenvalue weighted by atomic mass is 35.5. The third kappa shape index (κ3) is 4.99. The monoisotopic (exact) mass is 390 g/mol. The van der Waals surface area contributed by atoms with Gasteiger partial charge in [0.2, 0.25) is 0 Å². The Morgan fingerprint density at radius 2 is 2.08 bits per heavy atom. The largest absolute Gasteiger partial charge is 0.452 e. The number of nitrogens with zero attached hydrogens (tertiary/aromatic N) is 1. The van der Waals surface area contributed by atoms with Crippen molar-refractivity contribution < 1.29 is 14.3 Å². The molecule has 1 amide bonds. The van der Waals surface area contributed by atoms with Crippen LogP contribution in [0.5, 0.6) is 0 Å². The molecule has 1 N–H and O–H groups in total. The number of ether oxygens (including phenoxy) is 1. The van der Waals surface area contributed by atoms with E-state index >= 15 is 0 Å². The van der Waals surface area contributed by atoms with Gasteiger partial charge in [-0.25, -0.2) is 9.78 Å². The number of benzene rings is 1. The molecule has 5 nitrogen and oxygen atoms in total. The number of carbonyl (C=O) groups excluding carboxylic acids is 2. The van der Waals surface area contributed by atoms with Crippen LogP contribution in [-0.2, 0) is 9.53 Å². The summed E-state index contributed by atoms with van der Waals surface area (Å²) in [6, 6.07) is 10.7. The molecule has 7 heteroatoms. The molecule has 1 atom stereocenters. The molecule has 0 spiro atoms. The first-order chi connectivity index (χ1) is 12.5. The molecule has 1 aliphatic rings. The Balaban J connectivity index is 1.62. The molecule has 1 aromatic heterocycles. The fourth-order valence-electron chi connectivity index (χ4n) is 2.48. The second kappa shape index (κ2) is 8.56. The quantitative estimate of drug-likeness (QED) is 0.725. The predicted molar refractivity (Wildman–Crippen MR) is 100 cm³/mol. The molecule has 0 saturated heterocycles. The van der Waals surface area contributed by atoms with Crippen LogP contribution in [0.3, 0.4) is 0 Å². The van der Waals surface area contributed by atoms with Crippen LogP contribution in [0.2, 0.25) is 5.02 Å². The zero-order valence-corrected chi connectivity index (χ0v) is 15.8. The Kier molecular flexibility index (Phi) is 6.16. The zero-order valence-electron chi connectivity index (χ0n) is 14.3. The van der Waals surface area contributed by atoms with Gasteiger partial charge in [0.1, 0.15) is 5.03 Å². The maximum absolute atomic E-state index is 12.4. The smallest absolute Gasteiger partial charge is 0.341 e. The van der Waals surface area contributed by atoms with E-state index in [0.29, 0.717) is 21.5 Å². The third-order valence-electron chi connectivity index (χ3n) is 4.09. The number of aromatic nitrogens is 1. The van der Waals surface area contributed by atoms with E-state index in [-0.39, 0.29) is 18.6 Å². The summed E-state index contributed by atoms with van der Waals surface area (Å²) in [6.45, 7) is 1.66. The Morgan fingerprint density at radius 3 is 2.81 bits per heavy atom. The Morgan fingerprint density at radius 1 is 1.31 bits per heavy atom. The van der Waals surface area contributed by atoms with Gasteiger partial charge in [-0.2, -0.15) is 0 Å². The number of pyridine rings is 1. The maximum Gasteiger partial charge on any atom is 0.341 e. The number of halogens is 1. The number of esters is 1. The zero-order chi connectivity index (χ0) is 18.5. The molecular weight excluding hydrogens is 372 g/mol. The van der Waals surface area contributed by atoms with Crippen LogP contribution in [0.1, 0.15) is 30.1 Å². The molecule has 1 fully saturated rings. The lowest BCUT2D eigenvalue weighted by atomic mass is 10.2. The van der Waals surface area contributed by atoms with Gasteiger partial charge in [-0.05, 0) is 49.9 Å². The summed E-state index contributed by atoms with van der Waals surface area (Å²) >= 11 is 7.45. The van der Waals surface area contributed by atoms with Gasteiger partial charge in [0.25, 0.3) is 5.91 Å².